The number of benzene rings is 1. The van der Waals surface area contributed by atoms with Crippen molar-refractivity contribution in [2.24, 2.45) is 0 Å². The Morgan fingerprint density at radius 1 is 1.28 bits per heavy atom. The number of rotatable bonds is 4. The summed E-state index contributed by atoms with van der Waals surface area (Å²) < 4.78 is 46.6. The van der Waals surface area contributed by atoms with E-state index in [-0.39, 0.29) is 5.56 Å². The number of fused-ring (bicyclic) bond motifs is 1. The van der Waals surface area contributed by atoms with Crippen LogP contribution in [0.5, 0.6) is 0 Å². The number of anilines is 1. The van der Waals surface area contributed by atoms with E-state index in [1.54, 1.807) is 23.8 Å². The third-order valence-electron chi connectivity index (χ3n) is 5.61. The van der Waals surface area contributed by atoms with Crippen molar-refractivity contribution in [3.63, 3.8) is 0 Å². The third kappa shape index (κ3) is 4.52. The van der Waals surface area contributed by atoms with Gasteiger partial charge in [-0.2, -0.15) is 13.2 Å². The summed E-state index contributed by atoms with van der Waals surface area (Å²) in [5.41, 5.74) is -0.567. The Kier molecular flexibility index (Phi) is 6.02. The van der Waals surface area contributed by atoms with E-state index in [4.69, 9.17) is 4.74 Å². The molecule has 0 saturated carbocycles. The van der Waals surface area contributed by atoms with Crippen molar-refractivity contribution >= 4 is 32.7 Å². The molecule has 6 nitrogen and oxygen atoms in total. The van der Waals surface area contributed by atoms with Crippen LogP contribution in [0, 0.1) is 6.92 Å². The van der Waals surface area contributed by atoms with Crippen LogP contribution in [0.2, 0.25) is 0 Å². The first-order valence-corrected chi connectivity index (χ1v) is 11.1. The number of nitrogens with one attached hydrogen (secondary N) is 1. The summed E-state index contributed by atoms with van der Waals surface area (Å²) >= 11 is 3.43. The molecule has 2 aromatic heterocycles. The summed E-state index contributed by atoms with van der Waals surface area (Å²) in [5, 5.41) is 3.73. The topological polar surface area (TPSA) is 69.0 Å². The first-order valence-electron chi connectivity index (χ1n) is 10.1. The Morgan fingerprint density at radius 2 is 2.06 bits per heavy atom. The van der Waals surface area contributed by atoms with Crippen molar-refractivity contribution in [1.29, 1.82) is 0 Å². The lowest BCUT2D eigenvalue weighted by Crippen LogP contribution is -2.44. The zero-order valence-electron chi connectivity index (χ0n) is 17.5. The molecule has 4 rings (SSSR count). The van der Waals surface area contributed by atoms with Crippen LogP contribution >= 0.6 is 15.9 Å². The lowest BCUT2D eigenvalue weighted by atomic mass is 9.94. The molecule has 1 fully saturated rings. The number of aryl methyl sites for hydroxylation is 1. The highest BCUT2D eigenvalue weighted by Gasteiger charge is 2.32. The van der Waals surface area contributed by atoms with Gasteiger partial charge < -0.3 is 14.6 Å². The Labute approximate surface area is 191 Å². The SMILES string of the molecule is Cc1nc(NC(Br)c2cccc(C(F)(F)F)c2)c2cn(C3(C)CCCOC3)c(=O)cc2n1. The van der Waals surface area contributed by atoms with E-state index in [1.807, 2.05) is 6.92 Å². The van der Waals surface area contributed by atoms with Crippen molar-refractivity contribution in [3.05, 3.63) is 63.8 Å². The average Bonchev–Trinajstić information content (AvgIpc) is 2.73. The number of hydrogen-bond donors (Lipinski definition) is 1. The summed E-state index contributed by atoms with van der Waals surface area (Å²) in [6.45, 7) is 4.74. The molecule has 170 valence electrons. The summed E-state index contributed by atoms with van der Waals surface area (Å²) in [4.78, 5) is 21.0. The predicted molar refractivity (Wildman–Crippen MR) is 119 cm³/mol. The minimum Gasteiger partial charge on any atom is -0.379 e. The third-order valence-corrected chi connectivity index (χ3v) is 6.37. The van der Waals surface area contributed by atoms with Crippen LogP contribution in [-0.4, -0.2) is 27.7 Å². The molecule has 32 heavy (non-hydrogen) atoms. The standard InChI is InChI=1S/C22H22BrF3N4O2/c1-13-27-17-10-18(31)30(21(2)7-4-8-32-12-21)11-16(17)20(28-13)29-19(23)14-5-3-6-15(9-14)22(24,25)26/h3,5-6,9-11,19H,4,7-8,12H2,1-2H3,(H,27,28,29). The molecule has 0 aliphatic carbocycles. The number of halogens is 4. The van der Waals surface area contributed by atoms with Crippen LogP contribution in [0.4, 0.5) is 19.0 Å². The van der Waals surface area contributed by atoms with Crippen LogP contribution in [0.3, 0.4) is 0 Å². The molecule has 0 radical (unpaired) electrons. The summed E-state index contributed by atoms with van der Waals surface area (Å²) in [7, 11) is 0. The van der Waals surface area contributed by atoms with Gasteiger partial charge in [-0.25, -0.2) is 9.97 Å². The average molecular weight is 511 g/mol. The van der Waals surface area contributed by atoms with E-state index in [0.29, 0.717) is 41.3 Å². The van der Waals surface area contributed by atoms with Gasteiger partial charge in [-0.05, 0) is 44.4 Å². The van der Waals surface area contributed by atoms with E-state index in [2.05, 4.69) is 31.2 Å². The zero-order valence-corrected chi connectivity index (χ0v) is 19.1. The molecular weight excluding hydrogens is 489 g/mol. The largest absolute Gasteiger partial charge is 0.416 e. The molecule has 2 unspecified atom stereocenters. The lowest BCUT2D eigenvalue weighted by molar-refractivity contribution is -0.137. The maximum absolute atomic E-state index is 13.1. The van der Waals surface area contributed by atoms with Crippen LogP contribution in [0.15, 0.2) is 41.3 Å². The van der Waals surface area contributed by atoms with Crippen LogP contribution in [0.25, 0.3) is 10.9 Å². The van der Waals surface area contributed by atoms with Crippen molar-refractivity contribution in [1.82, 2.24) is 14.5 Å². The fourth-order valence-corrected chi connectivity index (χ4v) is 4.44. The number of alkyl halides is 4. The van der Waals surface area contributed by atoms with Crippen LogP contribution in [0.1, 0.15) is 41.7 Å². The monoisotopic (exact) mass is 510 g/mol. The number of pyridine rings is 1. The molecule has 0 spiro atoms. The van der Waals surface area contributed by atoms with E-state index in [0.717, 1.165) is 25.0 Å². The Bertz CT molecular complexity index is 1210. The molecule has 2 atom stereocenters. The highest BCUT2D eigenvalue weighted by Crippen LogP contribution is 2.34. The van der Waals surface area contributed by atoms with E-state index in [9.17, 15) is 18.0 Å². The van der Waals surface area contributed by atoms with E-state index >= 15 is 0 Å². The van der Waals surface area contributed by atoms with Crippen molar-refractivity contribution < 1.29 is 17.9 Å². The second-order valence-corrected chi connectivity index (χ2v) is 9.10. The second-order valence-electron chi connectivity index (χ2n) is 8.18. The molecular formula is C22H22BrF3N4O2. The molecule has 3 aromatic rings. The van der Waals surface area contributed by atoms with Gasteiger partial charge in [0, 0.05) is 18.9 Å². The van der Waals surface area contributed by atoms with Gasteiger partial charge >= 0.3 is 6.18 Å². The Morgan fingerprint density at radius 3 is 2.75 bits per heavy atom. The first-order chi connectivity index (χ1) is 15.1. The highest BCUT2D eigenvalue weighted by molar-refractivity contribution is 9.09. The molecule has 1 aromatic carbocycles. The van der Waals surface area contributed by atoms with E-state index in [1.165, 1.54) is 12.1 Å². The Balaban J connectivity index is 1.75. The van der Waals surface area contributed by atoms with E-state index < -0.39 is 22.2 Å². The molecule has 1 aliphatic heterocycles. The fourth-order valence-electron chi connectivity index (χ4n) is 3.94. The first kappa shape index (κ1) is 22.7. The van der Waals surface area contributed by atoms with Gasteiger partial charge in [-0.1, -0.05) is 28.1 Å². The highest BCUT2D eigenvalue weighted by atomic mass is 79.9. The molecule has 0 bridgehead atoms. The lowest BCUT2D eigenvalue weighted by Gasteiger charge is -2.35. The number of aromatic nitrogens is 3. The van der Waals surface area contributed by atoms with Crippen LogP contribution in [-0.2, 0) is 16.5 Å². The summed E-state index contributed by atoms with van der Waals surface area (Å²) in [6, 6.07) is 6.52. The minimum absolute atomic E-state index is 0.192. The fraction of sp³-hybridized carbons (Fsp3) is 0.409. The number of nitrogens with zero attached hydrogens (tertiary/aromatic N) is 3. The van der Waals surface area contributed by atoms with Gasteiger partial charge in [0.2, 0.25) is 0 Å². The van der Waals surface area contributed by atoms with Gasteiger partial charge in [0.15, 0.2) is 0 Å². The molecule has 0 amide bonds. The van der Waals surface area contributed by atoms with Crippen molar-refractivity contribution in [2.75, 3.05) is 18.5 Å². The van der Waals surface area contributed by atoms with Crippen LogP contribution < -0.4 is 10.9 Å². The Hall–Kier alpha value is -2.46. The molecule has 1 N–H and O–H groups in total. The van der Waals surface area contributed by atoms with Gasteiger partial charge in [-0.3, -0.25) is 4.79 Å². The molecule has 1 saturated heterocycles. The summed E-state index contributed by atoms with van der Waals surface area (Å²) in [5.74, 6) is 0.856. The predicted octanol–water partition coefficient (Wildman–Crippen LogP) is 5.15. The maximum Gasteiger partial charge on any atom is 0.416 e. The van der Waals surface area contributed by atoms with Gasteiger partial charge in [0.25, 0.3) is 5.56 Å². The normalized spacial score (nSPS) is 20.3. The molecule has 3 heterocycles. The summed E-state index contributed by atoms with van der Waals surface area (Å²) in [6.07, 6.45) is -1.09. The van der Waals surface area contributed by atoms with Gasteiger partial charge in [0.05, 0.1) is 28.6 Å². The van der Waals surface area contributed by atoms with Gasteiger partial charge in [0.1, 0.15) is 16.6 Å². The second kappa shape index (κ2) is 8.47. The van der Waals surface area contributed by atoms with Crippen molar-refractivity contribution in [3.8, 4) is 0 Å². The zero-order chi connectivity index (χ0) is 23.1. The molecule has 10 heteroatoms. The maximum atomic E-state index is 13.1. The minimum atomic E-state index is -4.44. The van der Waals surface area contributed by atoms with Gasteiger partial charge in [-0.15, -0.1) is 0 Å². The molecule has 1 aliphatic rings. The van der Waals surface area contributed by atoms with Crippen molar-refractivity contribution in [2.45, 2.75) is 43.4 Å². The smallest absolute Gasteiger partial charge is 0.379 e. The quantitative estimate of drug-likeness (QED) is 0.388. The number of ether oxygens (including phenoxy) is 1. The number of hydrogen-bond acceptors (Lipinski definition) is 5.